The summed E-state index contributed by atoms with van der Waals surface area (Å²) in [7, 11) is -3.82. The Bertz CT molecular complexity index is 1650. The van der Waals surface area contributed by atoms with Gasteiger partial charge >= 0.3 is 0 Å². The van der Waals surface area contributed by atoms with Crippen LogP contribution in [-0.4, -0.2) is 41.2 Å². The van der Waals surface area contributed by atoms with Gasteiger partial charge in [0.15, 0.2) is 5.65 Å². The van der Waals surface area contributed by atoms with Gasteiger partial charge in [0.1, 0.15) is 5.82 Å². The third-order valence-corrected chi connectivity index (χ3v) is 8.12. The maximum absolute atomic E-state index is 13.9. The van der Waals surface area contributed by atoms with Crippen LogP contribution in [0, 0.1) is 0 Å². The van der Waals surface area contributed by atoms with E-state index in [-0.39, 0.29) is 23.4 Å². The number of nitrogen functional groups attached to an aromatic ring is 1. The van der Waals surface area contributed by atoms with Crippen molar-refractivity contribution in [3.63, 3.8) is 0 Å². The van der Waals surface area contributed by atoms with Crippen LogP contribution >= 0.6 is 0 Å². The summed E-state index contributed by atoms with van der Waals surface area (Å²) in [5.74, 6) is 0.619. The molecule has 0 saturated heterocycles. The van der Waals surface area contributed by atoms with E-state index in [0.717, 1.165) is 16.7 Å². The predicted molar refractivity (Wildman–Crippen MR) is 140 cm³/mol. The van der Waals surface area contributed by atoms with E-state index in [1.807, 2.05) is 66.7 Å². The zero-order chi connectivity index (χ0) is 24.7. The van der Waals surface area contributed by atoms with Crippen LogP contribution in [0.3, 0.4) is 0 Å². The van der Waals surface area contributed by atoms with Crippen molar-refractivity contribution in [3.8, 4) is 11.1 Å². The van der Waals surface area contributed by atoms with Gasteiger partial charge in [-0.3, -0.25) is 9.40 Å². The first-order chi connectivity index (χ1) is 17.5. The molecule has 4 N–H and O–H groups in total. The number of sulfonamides is 1. The first kappa shape index (κ1) is 22.1. The van der Waals surface area contributed by atoms with Crippen LogP contribution in [0.1, 0.15) is 5.56 Å². The summed E-state index contributed by atoms with van der Waals surface area (Å²) in [4.78, 5) is 8.72. The summed E-state index contributed by atoms with van der Waals surface area (Å²) >= 11 is 0. The molecule has 9 nitrogen and oxygen atoms in total. The summed E-state index contributed by atoms with van der Waals surface area (Å²) in [6.45, 7) is 0.225. The molecule has 1 aliphatic heterocycles. The molecule has 180 valence electrons. The van der Waals surface area contributed by atoms with Crippen LogP contribution in [0.25, 0.3) is 22.2 Å². The Balaban J connectivity index is 1.34. The highest BCUT2D eigenvalue weighted by Crippen LogP contribution is 2.34. The summed E-state index contributed by atoms with van der Waals surface area (Å²) < 4.78 is 29.2. The largest absolute Gasteiger partial charge is 0.368 e. The molecule has 1 aliphatic rings. The van der Waals surface area contributed by atoms with Crippen molar-refractivity contribution in [2.45, 2.75) is 17.4 Å². The van der Waals surface area contributed by atoms with Crippen molar-refractivity contribution in [2.75, 3.05) is 21.9 Å². The van der Waals surface area contributed by atoms with Gasteiger partial charge in [-0.05, 0) is 41.3 Å². The van der Waals surface area contributed by atoms with Crippen molar-refractivity contribution >= 4 is 38.5 Å². The number of nitrogens with one attached hydrogen (secondary N) is 2. The van der Waals surface area contributed by atoms with E-state index < -0.39 is 10.0 Å². The molecule has 3 heterocycles. The molecule has 0 aliphatic carbocycles. The van der Waals surface area contributed by atoms with Crippen LogP contribution in [0.5, 0.6) is 0 Å². The van der Waals surface area contributed by atoms with Crippen LogP contribution in [0.2, 0.25) is 0 Å². The predicted octanol–water partition coefficient (Wildman–Crippen LogP) is 3.83. The third kappa shape index (κ3) is 3.91. The van der Waals surface area contributed by atoms with Gasteiger partial charge in [-0.2, -0.15) is 15.1 Å². The van der Waals surface area contributed by atoms with E-state index in [4.69, 9.17) is 5.73 Å². The molecule has 0 radical (unpaired) electrons. The van der Waals surface area contributed by atoms with Crippen molar-refractivity contribution in [1.82, 2.24) is 20.2 Å². The first-order valence-electron chi connectivity index (χ1n) is 11.5. The Labute approximate surface area is 208 Å². The second kappa shape index (κ2) is 8.65. The number of benzene rings is 3. The molecule has 0 bridgehead atoms. The van der Waals surface area contributed by atoms with Gasteiger partial charge in [-0.25, -0.2) is 8.42 Å². The maximum atomic E-state index is 13.9. The fourth-order valence-corrected chi connectivity index (χ4v) is 6.16. The fourth-order valence-electron chi connectivity index (χ4n) is 4.61. The third-order valence-electron chi connectivity index (χ3n) is 6.33. The Morgan fingerprint density at radius 1 is 0.917 bits per heavy atom. The van der Waals surface area contributed by atoms with E-state index in [2.05, 4.69) is 25.5 Å². The number of hydrogen-bond acceptors (Lipinski definition) is 7. The molecule has 1 unspecified atom stereocenters. The molecular weight excluding hydrogens is 474 g/mol. The second-order valence-electron chi connectivity index (χ2n) is 8.66. The summed E-state index contributed by atoms with van der Waals surface area (Å²) in [5.41, 5.74) is 9.99. The zero-order valence-electron chi connectivity index (χ0n) is 19.2. The zero-order valence-corrected chi connectivity index (χ0v) is 20.0. The Kier molecular flexibility index (Phi) is 5.30. The topological polar surface area (TPSA) is 130 Å². The van der Waals surface area contributed by atoms with E-state index in [1.165, 1.54) is 4.31 Å². The number of para-hydroxylation sites is 1. The number of hydrogen-bond donors (Lipinski definition) is 3. The van der Waals surface area contributed by atoms with Crippen LogP contribution in [-0.2, 0) is 16.4 Å². The molecule has 6 rings (SSSR count). The lowest BCUT2D eigenvalue weighted by Crippen LogP contribution is -2.45. The minimum absolute atomic E-state index is 0.105. The molecule has 5 aromatic rings. The maximum Gasteiger partial charge on any atom is 0.264 e. The van der Waals surface area contributed by atoms with Gasteiger partial charge in [-0.1, -0.05) is 60.7 Å². The minimum Gasteiger partial charge on any atom is -0.368 e. The lowest BCUT2D eigenvalue weighted by atomic mass is 9.99. The van der Waals surface area contributed by atoms with E-state index >= 15 is 0 Å². The van der Waals surface area contributed by atoms with E-state index in [0.29, 0.717) is 29.0 Å². The van der Waals surface area contributed by atoms with Crippen molar-refractivity contribution in [1.29, 1.82) is 0 Å². The Morgan fingerprint density at radius 2 is 1.64 bits per heavy atom. The van der Waals surface area contributed by atoms with Gasteiger partial charge in [0.2, 0.25) is 5.95 Å². The molecule has 10 heteroatoms. The number of fused-ring (bicyclic) bond motifs is 2. The highest BCUT2D eigenvalue weighted by Gasteiger charge is 2.33. The number of anilines is 3. The molecular formula is C26H23N7O2S. The lowest BCUT2D eigenvalue weighted by molar-refractivity contribution is 0.581. The molecule has 3 aromatic carbocycles. The van der Waals surface area contributed by atoms with Crippen LogP contribution < -0.4 is 15.4 Å². The molecule has 2 aromatic heterocycles. The number of aromatic nitrogens is 4. The highest BCUT2D eigenvalue weighted by atomic mass is 32.2. The molecule has 0 saturated carbocycles. The smallest absolute Gasteiger partial charge is 0.264 e. The van der Waals surface area contributed by atoms with Gasteiger partial charge < -0.3 is 11.1 Å². The number of H-pyrrole nitrogens is 1. The SMILES string of the molecule is Nc1nc(NC2Cc3ccccc3N(S(=O)(=O)c3ccc(-c4ccccc4)cc3)C2)c2cn[nH]c2n1. The lowest BCUT2D eigenvalue weighted by Gasteiger charge is -2.35. The summed E-state index contributed by atoms with van der Waals surface area (Å²) in [5, 5.41) is 10.9. The molecule has 0 spiro atoms. The number of nitrogens with zero attached hydrogens (tertiary/aromatic N) is 4. The highest BCUT2D eigenvalue weighted by molar-refractivity contribution is 7.92. The number of rotatable bonds is 5. The quantitative estimate of drug-likeness (QED) is 0.336. The molecule has 0 amide bonds. The number of nitrogens with two attached hydrogens (primary N) is 1. The van der Waals surface area contributed by atoms with Gasteiger partial charge in [0.25, 0.3) is 10.0 Å². The van der Waals surface area contributed by atoms with Crippen LogP contribution in [0.4, 0.5) is 17.5 Å². The minimum atomic E-state index is -3.82. The summed E-state index contributed by atoms with van der Waals surface area (Å²) in [6, 6.07) is 24.2. The molecule has 0 fully saturated rings. The Hall–Kier alpha value is -4.44. The normalized spacial score (nSPS) is 15.6. The van der Waals surface area contributed by atoms with Crippen molar-refractivity contribution in [2.24, 2.45) is 0 Å². The van der Waals surface area contributed by atoms with Crippen molar-refractivity contribution in [3.05, 3.63) is 90.6 Å². The first-order valence-corrected chi connectivity index (χ1v) is 12.9. The van der Waals surface area contributed by atoms with Gasteiger partial charge in [0, 0.05) is 0 Å². The standard InChI is InChI=1S/C26H23N7O2S/c27-26-30-24(22-15-28-32-25(22)31-26)29-20-14-19-8-4-5-9-23(19)33(16-20)36(34,35)21-12-10-18(11-13-21)17-6-2-1-3-7-17/h1-13,15,20H,14,16H2,(H4,27,28,29,30,31,32). The van der Waals surface area contributed by atoms with Gasteiger partial charge in [-0.15, -0.1) is 0 Å². The summed E-state index contributed by atoms with van der Waals surface area (Å²) in [6.07, 6.45) is 2.25. The van der Waals surface area contributed by atoms with Crippen LogP contribution in [0.15, 0.2) is 90.0 Å². The number of aromatic amines is 1. The van der Waals surface area contributed by atoms with E-state index in [1.54, 1.807) is 18.3 Å². The van der Waals surface area contributed by atoms with E-state index in [9.17, 15) is 8.42 Å². The molecule has 36 heavy (non-hydrogen) atoms. The Morgan fingerprint density at radius 3 is 2.44 bits per heavy atom. The van der Waals surface area contributed by atoms with Gasteiger partial charge in [0.05, 0.1) is 34.8 Å². The van der Waals surface area contributed by atoms with Crippen molar-refractivity contribution < 1.29 is 8.42 Å². The average Bonchev–Trinajstić information content (AvgIpc) is 3.37. The fraction of sp³-hybridized carbons (Fsp3) is 0.115. The monoisotopic (exact) mass is 497 g/mol. The second-order valence-corrected chi connectivity index (χ2v) is 10.5. The average molecular weight is 498 g/mol. The molecule has 1 atom stereocenters.